The smallest absolute Gasteiger partial charge is 0.345 e. The molecule has 0 radical (unpaired) electrons. The van der Waals surface area contributed by atoms with Gasteiger partial charge in [-0.1, -0.05) is 48.9 Å². The fourth-order valence-corrected chi connectivity index (χ4v) is 2.09. The second kappa shape index (κ2) is 6.93. The third-order valence-corrected chi connectivity index (χ3v) is 3.43. The van der Waals surface area contributed by atoms with Gasteiger partial charge >= 0.3 is 5.97 Å². The summed E-state index contributed by atoms with van der Waals surface area (Å²) < 4.78 is 5.59. The lowest BCUT2D eigenvalue weighted by Gasteiger charge is -2.15. The molecule has 2 rings (SSSR count). The van der Waals surface area contributed by atoms with Crippen molar-refractivity contribution in [2.75, 3.05) is 0 Å². The molecule has 0 heterocycles. The molecular formula is C18H20O3. The Kier molecular flexibility index (Phi) is 4.99. The maximum Gasteiger partial charge on any atom is 0.345 e. The average molecular weight is 284 g/mol. The van der Waals surface area contributed by atoms with Crippen molar-refractivity contribution in [3.05, 3.63) is 65.2 Å². The average Bonchev–Trinajstić information content (AvgIpc) is 2.49. The fourth-order valence-electron chi connectivity index (χ4n) is 2.09. The van der Waals surface area contributed by atoms with Crippen LogP contribution >= 0.6 is 0 Å². The van der Waals surface area contributed by atoms with Crippen LogP contribution in [-0.2, 0) is 17.6 Å². The molecule has 110 valence electrons. The molecule has 3 heteroatoms. The van der Waals surface area contributed by atoms with Gasteiger partial charge in [-0.3, -0.25) is 0 Å². The Balaban J connectivity index is 2.07. The molecule has 1 N–H and O–H groups in total. The summed E-state index contributed by atoms with van der Waals surface area (Å²) in [5.41, 5.74) is 3.32. The first kappa shape index (κ1) is 15.1. The minimum atomic E-state index is -0.949. The van der Waals surface area contributed by atoms with E-state index in [0.29, 0.717) is 12.2 Å². The second-order valence-corrected chi connectivity index (χ2v) is 5.13. The summed E-state index contributed by atoms with van der Waals surface area (Å²) in [6, 6.07) is 15.4. The zero-order valence-corrected chi connectivity index (χ0v) is 12.4. The predicted molar refractivity (Wildman–Crippen MR) is 82.8 cm³/mol. The monoisotopic (exact) mass is 284 g/mol. The van der Waals surface area contributed by atoms with Gasteiger partial charge in [0.2, 0.25) is 0 Å². The molecular weight excluding hydrogens is 264 g/mol. The Morgan fingerprint density at radius 1 is 1.05 bits per heavy atom. The SMILES string of the molecule is CCc1ccc(C[C@H](Oc2ccc(C)cc2)C(=O)O)cc1. The maximum atomic E-state index is 11.4. The summed E-state index contributed by atoms with van der Waals surface area (Å²) in [5, 5.41) is 9.33. The van der Waals surface area contributed by atoms with Gasteiger partial charge in [0.05, 0.1) is 0 Å². The summed E-state index contributed by atoms with van der Waals surface area (Å²) in [4.78, 5) is 11.4. The number of hydrogen-bond donors (Lipinski definition) is 1. The van der Waals surface area contributed by atoms with Crippen molar-refractivity contribution in [2.24, 2.45) is 0 Å². The van der Waals surface area contributed by atoms with Crippen molar-refractivity contribution in [3.8, 4) is 5.75 Å². The number of hydrogen-bond acceptors (Lipinski definition) is 2. The number of aryl methyl sites for hydroxylation is 2. The normalized spacial score (nSPS) is 11.9. The highest BCUT2D eigenvalue weighted by atomic mass is 16.5. The second-order valence-electron chi connectivity index (χ2n) is 5.13. The molecule has 0 aliphatic carbocycles. The number of carboxylic acid groups (broad SMARTS) is 1. The highest BCUT2D eigenvalue weighted by Crippen LogP contribution is 2.16. The third kappa shape index (κ3) is 4.35. The topological polar surface area (TPSA) is 46.5 Å². The lowest BCUT2D eigenvalue weighted by atomic mass is 10.0. The van der Waals surface area contributed by atoms with Crippen LogP contribution in [0.5, 0.6) is 5.75 Å². The van der Waals surface area contributed by atoms with E-state index in [1.54, 1.807) is 12.1 Å². The largest absolute Gasteiger partial charge is 0.478 e. The Morgan fingerprint density at radius 3 is 2.14 bits per heavy atom. The quantitative estimate of drug-likeness (QED) is 0.881. The number of carboxylic acids is 1. The van der Waals surface area contributed by atoms with Crippen molar-refractivity contribution in [1.82, 2.24) is 0 Å². The maximum absolute atomic E-state index is 11.4. The van der Waals surface area contributed by atoms with Crippen LogP contribution in [0.15, 0.2) is 48.5 Å². The van der Waals surface area contributed by atoms with E-state index in [-0.39, 0.29) is 0 Å². The van der Waals surface area contributed by atoms with Gasteiger partial charge in [-0.15, -0.1) is 0 Å². The van der Waals surface area contributed by atoms with E-state index >= 15 is 0 Å². The first-order valence-corrected chi connectivity index (χ1v) is 7.12. The van der Waals surface area contributed by atoms with Crippen LogP contribution in [0.25, 0.3) is 0 Å². The lowest BCUT2D eigenvalue weighted by Crippen LogP contribution is -2.29. The molecule has 0 saturated heterocycles. The first-order chi connectivity index (χ1) is 10.1. The molecule has 0 aliphatic rings. The lowest BCUT2D eigenvalue weighted by molar-refractivity contribution is -0.145. The van der Waals surface area contributed by atoms with Crippen LogP contribution in [0, 0.1) is 6.92 Å². The van der Waals surface area contributed by atoms with Crippen LogP contribution in [0.4, 0.5) is 0 Å². The van der Waals surface area contributed by atoms with Gasteiger partial charge < -0.3 is 9.84 Å². The number of benzene rings is 2. The van der Waals surface area contributed by atoms with Crippen molar-refractivity contribution in [1.29, 1.82) is 0 Å². The van der Waals surface area contributed by atoms with E-state index in [4.69, 9.17) is 4.74 Å². The Hall–Kier alpha value is -2.29. The van der Waals surface area contributed by atoms with E-state index in [1.807, 2.05) is 43.3 Å². The van der Waals surface area contributed by atoms with Gasteiger partial charge in [-0.2, -0.15) is 0 Å². The van der Waals surface area contributed by atoms with Crippen LogP contribution in [0.3, 0.4) is 0 Å². The number of ether oxygens (including phenoxy) is 1. The number of carbonyl (C=O) groups is 1. The summed E-state index contributed by atoms with van der Waals surface area (Å²) in [6.07, 6.45) is 0.454. The summed E-state index contributed by atoms with van der Waals surface area (Å²) in [6.45, 7) is 4.07. The molecule has 0 aliphatic heterocycles. The molecule has 0 bridgehead atoms. The standard InChI is InChI=1S/C18H20O3/c1-3-14-6-8-15(9-7-14)12-17(18(19)20)21-16-10-4-13(2)5-11-16/h4-11,17H,3,12H2,1-2H3,(H,19,20)/t17-/m0/s1. The van der Waals surface area contributed by atoms with Crippen LogP contribution < -0.4 is 4.74 Å². The molecule has 0 amide bonds. The first-order valence-electron chi connectivity index (χ1n) is 7.12. The van der Waals surface area contributed by atoms with Gasteiger partial charge in [0.1, 0.15) is 5.75 Å². The zero-order valence-electron chi connectivity index (χ0n) is 12.4. The van der Waals surface area contributed by atoms with Gasteiger partial charge in [0.15, 0.2) is 6.10 Å². The Labute approximate surface area is 125 Å². The third-order valence-electron chi connectivity index (χ3n) is 3.43. The molecule has 0 aromatic heterocycles. The molecule has 0 saturated carbocycles. The van der Waals surface area contributed by atoms with E-state index in [0.717, 1.165) is 17.5 Å². The van der Waals surface area contributed by atoms with Gasteiger partial charge in [0, 0.05) is 6.42 Å². The van der Waals surface area contributed by atoms with Crippen LogP contribution in [-0.4, -0.2) is 17.2 Å². The minimum absolute atomic E-state index is 0.354. The molecule has 3 nitrogen and oxygen atoms in total. The molecule has 1 atom stereocenters. The zero-order chi connectivity index (χ0) is 15.2. The Morgan fingerprint density at radius 2 is 1.62 bits per heavy atom. The fraction of sp³-hybridized carbons (Fsp3) is 0.278. The van der Waals surface area contributed by atoms with Gasteiger partial charge in [-0.25, -0.2) is 4.79 Å². The summed E-state index contributed by atoms with van der Waals surface area (Å²) in [5.74, 6) is -0.367. The van der Waals surface area contributed by atoms with E-state index in [2.05, 4.69) is 6.92 Å². The molecule has 2 aromatic rings. The van der Waals surface area contributed by atoms with Gasteiger partial charge in [0.25, 0.3) is 0 Å². The van der Waals surface area contributed by atoms with E-state index in [1.165, 1.54) is 5.56 Å². The molecule has 21 heavy (non-hydrogen) atoms. The van der Waals surface area contributed by atoms with Crippen LogP contribution in [0.2, 0.25) is 0 Å². The highest BCUT2D eigenvalue weighted by molar-refractivity contribution is 5.73. The van der Waals surface area contributed by atoms with Crippen LogP contribution in [0.1, 0.15) is 23.6 Å². The summed E-state index contributed by atoms with van der Waals surface area (Å²) in [7, 11) is 0. The van der Waals surface area contributed by atoms with E-state index in [9.17, 15) is 9.90 Å². The highest BCUT2D eigenvalue weighted by Gasteiger charge is 2.20. The molecule has 0 unspecified atom stereocenters. The Bertz CT molecular complexity index is 585. The molecule has 2 aromatic carbocycles. The minimum Gasteiger partial charge on any atom is -0.478 e. The van der Waals surface area contributed by atoms with E-state index < -0.39 is 12.1 Å². The predicted octanol–water partition coefficient (Wildman–Crippen LogP) is 3.63. The summed E-state index contributed by atoms with van der Waals surface area (Å²) >= 11 is 0. The number of aliphatic carboxylic acids is 1. The van der Waals surface area contributed by atoms with Crippen molar-refractivity contribution in [3.63, 3.8) is 0 Å². The van der Waals surface area contributed by atoms with Crippen molar-refractivity contribution < 1.29 is 14.6 Å². The molecule has 0 spiro atoms. The van der Waals surface area contributed by atoms with Crippen molar-refractivity contribution >= 4 is 5.97 Å². The van der Waals surface area contributed by atoms with Gasteiger partial charge in [-0.05, 0) is 36.6 Å². The van der Waals surface area contributed by atoms with Crippen molar-refractivity contribution in [2.45, 2.75) is 32.8 Å². The molecule has 0 fully saturated rings. The number of rotatable bonds is 6.